The number of carboxylic acids is 1. The molecule has 4 heteroatoms. The van der Waals surface area contributed by atoms with E-state index in [9.17, 15) is 15.0 Å². The molecule has 3 unspecified atom stereocenters. The smallest absolute Gasteiger partial charge is 0.306 e. The summed E-state index contributed by atoms with van der Waals surface area (Å²) in [7, 11) is 0. The third kappa shape index (κ3) is 5.73. The van der Waals surface area contributed by atoms with Crippen molar-refractivity contribution in [2.45, 2.75) is 83.7 Å². The van der Waals surface area contributed by atoms with Crippen molar-refractivity contribution in [3.8, 4) is 0 Å². The summed E-state index contributed by atoms with van der Waals surface area (Å²) in [4.78, 5) is 11.9. The fourth-order valence-corrected chi connectivity index (χ4v) is 6.42. The van der Waals surface area contributed by atoms with Gasteiger partial charge in [-0.3, -0.25) is 4.79 Å². The molecule has 29 heavy (non-hydrogen) atoms. The standard InChI is InChI=1S/C25H40O4/c1-2-3-6-17-10-11-19(13-17)21(25(28)29)8-4-7-18-14-20-16-24(27)22(9-5-12-26)23(20)15-18/h5,7,9,17,19-24,26-27H,2-4,6,8,10-16H2,1H3,(H,28,29)/t17?,19?,20-,21?,22-,23+,24-/m1/s1. The van der Waals surface area contributed by atoms with E-state index in [-0.39, 0.29) is 24.5 Å². The average Bonchev–Trinajstić information content (AvgIpc) is 3.37. The highest BCUT2D eigenvalue weighted by Gasteiger charge is 2.45. The Balaban J connectivity index is 1.50. The molecule has 0 heterocycles. The Morgan fingerprint density at radius 2 is 2.07 bits per heavy atom. The number of aliphatic hydroxyl groups is 2. The first-order chi connectivity index (χ1) is 14.0. The van der Waals surface area contributed by atoms with Gasteiger partial charge in [0.15, 0.2) is 0 Å². The normalized spacial score (nSPS) is 36.9. The van der Waals surface area contributed by atoms with Crippen LogP contribution in [0, 0.1) is 35.5 Å². The van der Waals surface area contributed by atoms with E-state index in [4.69, 9.17) is 5.11 Å². The molecule has 3 aliphatic carbocycles. The number of aliphatic hydroxyl groups excluding tert-OH is 2. The number of carboxylic acid groups (broad SMARTS) is 1. The molecule has 0 aromatic heterocycles. The van der Waals surface area contributed by atoms with E-state index >= 15 is 0 Å². The Kier molecular flexibility index (Phi) is 8.37. The number of hydrogen-bond acceptors (Lipinski definition) is 3. The molecule has 0 aliphatic heterocycles. The van der Waals surface area contributed by atoms with E-state index in [0.717, 1.165) is 50.9 Å². The maximum Gasteiger partial charge on any atom is 0.306 e. The molecule has 3 saturated carbocycles. The molecule has 3 N–H and O–H groups in total. The largest absolute Gasteiger partial charge is 0.481 e. The van der Waals surface area contributed by atoms with Crippen LogP contribution in [0.15, 0.2) is 23.8 Å². The van der Waals surface area contributed by atoms with Gasteiger partial charge in [-0.25, -0.2) is 0 Å². The van der Waals surface area contributed by atoms with Crippen LogP contribution in [-0.2, 0) is 4.79 Å². The van der Waals surface area contributed by atoms with Crippen molar-refractivity contribution < 1.29 is 20.1 Å². The highest BCUT2D eigenvalue weighted by molar-refractivity contribution is 5.70. The first-order valence-electron chi connectivity index (χ1n) is 11.9. The molecule has 7 atom stereocenters. The molecule has 0 aromatic carbocycles. The van der Waals surface area contributed by atoms with Crippen LogP contribution in [-0.4, -0.2) is 34.0 Å². The van der Waals surface area contributed by atoms with Crippen LogP contribution >= 0.6 is 0 Å². The number of fused-ring (bicyclic) bond motifs is 1. The van der Waals surface area contributed by atoms with Crippen LogP contribution in [0.4, 0.5) is 0 Å². The maximum atomic E-state index is 11.9. The summed E-state index contributed by atoms with van der Waals surface area (Å²) in [6.07, 6.45) is 17.5. The Hall–Kier alpha value is -1.13. The van der Waals surface area contributed by atoms with Crippen molar-refractivity contribution >= 4 is 5.97 Å². The second-order valence-corrected chi connectivity index (χ2v) is 9.79. The Labute approximate surface area is 176 Å². The highest BCUT2D eigenvalue weighted by atomic mass is 16.4. The zero-order valence-corrected chi connectivity index (χ0v) is 18.0. The number of allylic oxidation sites excluding steroid dienone is 2. The molecule has 3 fully saturated rings. The minimum Gasteiger partial charge on any atom is -0.481 e. The van der Waals surface area contributed by atoms with E-state index in [1.54, 1.807) is 6.08 Å². The van der Waals surface area contributed by atoms with Crippen LogP contribution in [0.3, 0.4) is 0 Å². The molecule has 4 nitrogen and oxygen atoms in total. The van der Waals surface area contributed by atoms with E-state index < -0.39 is 5.97 Å². The lowest BCUT2D eigenvalue weighted by Gasteiger charge is -2.19. The number of carbonyl (C=O) groups is 1. The molecule has 0 saturated heterocycles. The fraction of sp³-hybridized carbons (Fsp3) is 0.800. The number of hydrogen-bond donors (Lipinski definition) is 3. The molecule has 0 amide bonds. The van der Waals surface area contributed by atoms with Crippen LogP contribution in [0.2, 0.25) is 0 Å². The summed E-state index contributed by atoms with van der Waals surface area (Å²) < 4.78 is 0. The number of unbranched alkanes of at least 4 members (excludes halogenated alkanes) is 1. The molecular weight excluding hydrogens is 364 g/mol. The van der Waals surface area contributed by atoms with Crippen molar-refractivity contribution in [3.63, 3.8) is 0 Å². The Morgan fingerprint density at radius 3 is 2.79 bits per heavy atom. The average molecular weight is 405 g/mol. The summed E-state index contributed by atoms with van der Waals surface area (Å²) >= 11 is 0. The van der Waals surface area contributed by atoms with Gasteiger partial charge >= 0.3 is 5.97 Å². The second-order valence-electron chi connectivity index (χ2n) is 9.79. The lowest BCUT2D eigenvalue weighted by atomic mass is 9.85. The van der Waals surface area contributed by atoms with E-state index in [2.05, 4.69) is 13.0 Å². The minimum absolute atomic E-state index is 0.0281. The molecule has 3 aliphatic rings. The predicted octanol–water partition coefficient (Wildman–Crippen LogP) is 4.96. The summed E-state index contributed by atoms with van der Waals surface area (Å²) in [6.45, 7) is 2.25. The molecule has 0 bridgehead atoms. The van der Waals surface area contributed by atoms with Gasteiger partial charge in [-0.15, -0.1) is 0 Å². The molecule has 0 aromatic rings. The molecule has 3 rings (SSSR count). The fourth-order valence-electron chi connectivity index (χ4n) is 6.42. The zero-order chi connectivity index (χ0) is 20.8. The van der Waals surface area contributed by atoms with Gasteiger partial charge in [0.05, 0.1) is 18.6 Å². The van der Waals surface area contributed by atoms with Gasteiger partial charge in [0.1, 0.15) is 0 Å². The van der Waals surface area contributed by atoms with Crippen molar-refractivity contribution in [1.29, 1.82) is 0 Å². The highest BCUT2D eigenvalue weighted by Crippen LogP contribution is 2.50. The van der Waals surface area contributed by atoms with Crippen LogP contribution in [0.25, 0.3) is 0 Å². The molecule has 0 radical (unpaired) electrons. The van der Waals surface area contributed by atoms with Crippen molar-refractivity contribution in [2.24, 2.45) is 35.5 Å². The quantitative estimate of drug-likeness (QED) is 0.450. The first kappa shape index (κ1) is 22.6. The van der Waals surface area contributed by atoms with Crippen LogP contribution in [0.5, 0.6) is 0 Å². The summed E-state index contributed by atoms with van der Waals surface area (Å²) in [5, 5.41) is 29.1. The van der Waals surface area contributed by atoms with Gasteiger partial charge in [0, 0.05) is 5.92 Å². The molecule has 0 spiro atoms. The topological polar surface area (TPSA) is 77.8 Å². The number of rotatable bonds is 10. The minimum atomic E-state index is -0.606. The van der Waals surface area contributed by atoms with Gasteiger partial charge in [0.2, 0.25) is 0 Å². The van der Waals surface area contributed by atoms with Crippen LogP contribution in [0.1, 0.15) is 77.6 Å². The van der Waals surface area contributed by atoms with Crippen molar-refractivity contribution in [2.75, 3.05) is 6.61 Å². The van der Waals surface area contributed by atoms with Crippen molar-refractivity contribution in [1.82, 2.24) is 0 Å². The molecule has 164 valence electrons. The van der Waals surface area contributed by atoms with Crippen LogP contribution < -0.4 is 0 Å². The van der Waals surface area contributed by atoms with Gasteiger partial charge in [-0.05, 0) is 68.6 Å². The Bertz CT molecular complexity index is 596. The summed E-state index contributed by atoms with van der Waals surface area (Å²) in [5.41, 5.74) is 1.45. The van der Waals surface area contributed by atoms with E-state index in [1.165, 1.54) is 31.3 Å². The predicted molar refractivity (Wildman–Crippen MR) is 115 cm³/mol. The lowest BCUT2D eigenvalue weighted by molar-refractivity contribution is -0.143. The van der Waals surface area contributed by atoms with E-state index in [0.29, 0.717) is 17.8 Å². The maximum absolute atomic E-state index is 11.9. The SMILES string of the molecule is CCCCC1CCC(C(CCC=C2C[C@@H]3C[C@@H](O)[C@H](C=CCO)[C@H]3C2)C(=O)O)C1. The zero-order valence-electron chi connectivity index (χ0n) is 18.0. The molecular formula is C25H40O4. The lowest BCUT2D eigenvalue weighted by Crippen LogP contribution is -2.22. The monoisotopic (exact) mass is 404 g/mol. The Morgan fingerprint density at radius 1 is 1.24 bits per heavy atom. The van der Waals surface area contributed by atoms with E-state index in [1.807, 2.05) is 6.08 Å². The van der Waals surface area contributed by atoms with Gasteiger partial charge in [-0.2, -0.15) is 0 Å². The second kappa shape index (κ2) is 10.8. The first-order valence-corrected chi connectivity index (χ1v) is 11.9. The number of aliphatic carboxylic acids is 1. The van der Waals surface area contributed by atoms with Crippen molar-refractivity contribution in [3.05, 3.63) is 23.8 Å². The van der Waals surface area contributed by atoms with Gasteiger partial charge in [0.25, 0.3) is 0 Å². The summed E-state index contributed by atoms with van der Waals surface area (Å²) in [6, 6.07) is 0. The third-order valence-corrected chi connectivity index (χ3v) is 7.92. The van der Waals surface area contributed by atoms with Gasteiger partial charge < -0.3 is 15.3 Å². The third-order valence-electron chi connectivity index (χ3n) is 7.92. The summed E-state index contributed by atoms with van der Waals surface area (Å²) in [5.74, 6) is 1.47. The van der Waals surface area contributed by atoms with Gasteiger partial charge in [-0.1, -0.05) is 56.4 Å².